The van der Waals surface area contributed by atoms with Crippen LogP contribution in [0.3, 0.4) is 0 Å². The number of hydrogen-bond acceptors (Lipinski definition) is 14. The lowest BCUT2D eigenvalue weighted by Gasteiger charge is -2.44. The Bertz CT molecular complexity index is 1590. The summed E-state index contributed by atoms with van der Waals surface area (Å²) in [6.07, 6.45) is -5.77. The van der Waals surface area contributed by atoms with Crippen molar-refractivity contribution in [2.24, 2.45) is 0 Å². The van der Waals surface area contributed by atoms with E-state index in [4.69, 9.17) is 32.5 Å². The van der Waals surface area contributed by atoms with Gasteiger partial charge in [-0.3, -0.25) is 19.2 Å². The van der Waals surface area contributed by atoms with Gasteiger partial charge in [-0.15, -0.1) is 0 Å². The number of carbonyl (C=O) groups excluding carboxylic acids is 4. The van der Waals surface area contributed by atoms with Crippen molar-refractivity contribution in [1.29, 1.82) is 0 Å². The molecular weight excluding hydrogens is 550 g/mol. The van der Waals surface area contributed by atoms with Gasteiger partial charge < -0.3 is 48.0 Å². The van der Waals surface area contributed by atoms with E-state index in [9.17, 15) is 34.2 Å². The van der Waals surface area contributed by atoms with E-state index in [-0.39, 0.29) is 27.7 Å². The monoisotopic (exact) mass is 577 g/mol. The van der Waals surface area contributed by atoms with Crippen LogP contribution in [-0.4, -0.2) is 71.3 Å². The maximum absolute atomic E-state index is 12.6. The number of phenols is 2. The first-order valence-corrected chi connectivity index (χ1v) is 12.3. The third-order valence-corrected chi connectivity index (χ3v) is 6.01. The molecule has 41 heavy (non-hydrogen) atoms. The van der Waals surface area contributed by atoms with Crippen LogP contribution in [-0.2, 0) is 38.1 Å². The number of esters is 3. The molecule has 0 aliphatic carbocycles. The Kier molecular flexibility index (Phi) is 8.10. The molecular formula is C26H27NO14. The zero-order valence-electron chi connectivity index (χ0n) is 22.5. The number of ether oxygens (including phenoxy) is 5. The van der Waals surface area contributed by atoms with Crippen LogP contribution in [0.1, 0.15) is 33.5 Å². The topological polar surface area (TPSA) is 210 Å². The van der Waals surface area contributed by atoms with E-state index in [2.05, 4.69) is 5.32 Å². The zero-order chi connectivity index (χ0) is 30.2. The highest BCUT2D eigenvalue weighted by molar-refractivity contribution is 6.08. The second-order valence-corrected chi connectivity index (χ2v) is 9.27. The van der Waals surface area contributed by atoms with E-state index in [0.717, 1.165) is 33.8 Å². The van der Waals surface area contributed by atoms with Gasteiger partial charge in [-0.2, -0.15) is 0 Å². The van der Waals surface area contributed by atoms with Crippen LogP contribution in [0.4, 0.5) is 0 Å². The minimum atomic E-state index is -1.64. The first kappa shape index (κ1) is 29.2. The number of furan rings is 1. The van der Waals surface area contributed by atoms with Crippen LogP contribution in [0, 0.1) is 6.92 Å². The van der Waals surface area contributed by atoms with Crippen molar-refractivity contribution >= 4 is 45.8 Å². The van der Waals surface area contributed by atoms with Crippen molar-refractivity contribution in [3.05, 3.63) is 28.3 Å². The molecule has 1 aliphatic rings. The van der Waals surface area contributed by atoms with Gasteiger partial charge in [0.2, 0.25) is 23.7 Å². The molecule has 1 aromatic carbocycles. The third kappa shape index (κ3) is 6.04. The molecule has 2 aromatic heterocycles. The maximum Gasteiger partial charge on any atom is 0.347 e. The van der Waals surface area contributed by atoms with Gasteiger partial charge >= 0.3 is 23.5 Å². The SMILES string of the molecule is CC(=O)N[C@H]1C(Oc2c(O)c(O)cc3c2oc2cc(C)oc(=O)c23)O[C@H](COC(C)=O)[C@@H](OC(C)=O)[C@@H]1OC(C)=O. The lowest BCUT2D eigenvalue weighted by molar-refractivity contribution is -0.257. The largest absolute Gasteiger partial charge is 0.504 e. The predicted molar refractivity (Wildman–Crippen MR) is 135 cm³/mol. The molecule has 0 radical (unpaired) electrons. The lowest BCUT2D eigenvalue weighted by atomic mass is 9.96. The molecule has 1 unspecified atom stereocenters. The number of fused-ring (bicyclic) bond motifs is 3. The average Bonchev–Trinajstić information content (AvgIpc) is 3.21. The van der Waals surface area contributed by atoms with E-state index in [1.807, 2.05) is 0 Å². The number of benzene rings is 1. The summed E-state index contributed by atoms with van der Waals surface area (Å²) in [4.78, 5) is 60.3. The Morgan fingerprint density at radius 1 is 0.951 bits per heavy atom. The van der Waals surface area contributed by atoms with E-state index < -0.39 is 83.9 Å². The summed E-state index contributed by atoms with van der Waals surface area (Å²) < 4.78 is 38.6. The van der Waals surface area contributed by atoms with Gasteiger partial charge in [0.25, 0.3) is 0 Å². The van der Waals surface area contributed by atoms with Crippen LogP contribution in [0.25, 0.3) is 21.9 Å². The van der Waals surface area contributed by atoms with Crippen LogP contribution in [0.15, 0.2) is 25.8 Å². The molecule has 1 saturated heterocycles. The molecule has 1 aliphatic heterocycles. The van der Waals surface area contributed by atoms with Crippen LogP contribution in [0.2, 0.25) is 0 Å². The molecule has 1 fully saturated rings. The molecule has 1 amide bonds. The van der Waals surface area contributed by atoms with Crippen molar-refractivity contribution in [3.63, 3.8) is 0 Å². The van der Waals surface area contributed by atoms with Gasteiger partial charge in [-0.05, 0) is 13.0 Å². The fourth-order valence-corrected chi connectivity index (χ4v) is 4.54. The zero-order valence-corrected chi connectivity index (χ0v) is 22.5. The summed E-state index contributed by atoms with van der Waals surface area (Å²) in [7, 11) is 0. The Morgan fingerprint density at radius 2 is 1.61 bits per heavy atom. The molecule has 15 nitrogen and oxygen atoms in total. The highest BCUT2D eigenvalue weighted by Gasteiger charge is 2.52. The van der Waals surface area contributed by atoms with Gasteiger partial charge in [0, 0.05) is 39.1 Å². The van der Waals surface area contributed by atoms with Crippen LogP contribution in [0.5, 0.6) is 17.2 Å². The van der Waals surface area contributed by atoms with Crippen molar-refractivity contribution in [1.82, 2.24) is 5.32 Å². The number of amides is 1. The number of aryl methyl sites for hydroxylation is 1. The van der Waals surface area contributed by atoms with Gasteiger partial charge in [-0.1, -0.05) is 0 Å². The second-order valence-electron chi connectivity index (χ2n) is 9.27. The summed E-state index contributed by atoms with van der Waals surface area (Å²) in [6, 6.07) is 1.11. The predicted octanol–water partition coefficient (Wildman–Crippen LogP) is 1.29. The lowest BCUT2D eigenvalue weighted by Crippen LogP contribution is -2.67. The summed E-state index contributed by atoms with van der Waals surface area (Å²) in [5.74, 6) is -4.75. The molecule has 0 bridgehead atoms. The van der Waals surface area contributed by atoms with Crippen LogP contribution >= 0.6 is 0 Å². The Morgan fingerprint density at radius 3 is 2.22 bits per heavy atom. The molecule has 220 valence electrons. The number of phenolic OH excluding ortho intramolecular Hbond substituents is 2. The van der Waals surface area contributed by atoms with E-state index in [1.165, 1.54) is 13.0 Å². The summed E-state index contributed by atoms with van der Waals surface area (Å²) in [5.41, 5.74) is -0.909. The van der Waals surface area contributed by atoms with Crippen molar-refractivity contribution in [2.75, 3.05) is 6.61 Å². The number of carbonyl (C=O) groups is 4. The van der Waals surface area contributed by atoms with E-state index in [1.54, 1.807) is 0 Å². The molecule has 3 N–H and O–H groups in total. The number of nitrogens with one attached hydrogen (secondary N) is 1. The van der Waals surface area contributed by atoms with Crippen molar-refractivity contribution in [3.8, 4) is 17.2 Å². The van der Waals surface area contributed by atoms with Crippen LogP contribution < -0.4 is 15.7 Å². The molecule has 5 atom stereocenters. The molecule has 3 aromatic rings. The highest BCUT2D eigenvalue weighted by Crippen LogP contribution is 2.46. The first-order valence-electron chi connectivity index (χ1n) is 12.3. The van der Waals surface area contributed by atoms with Gasteiger partial charge in [-0.25, -0.2) is 4.79 Å². The van der Waals surface area contributed by atoms with E-state index in [0.29, 0.717) is 0 Å². The normalized spacial score (nSPS) is 22.2. The fourth-order valence-electron chi connectivity index (χ4n) is 4.54. The molecule has 0 saturated carbocycles. The second kappa shape index (κ2) is 11.4. The van der Waals surface area contributed by atoms with Gasteiger partial charge in [0.05, 0.1) is 0 Å². The highest BCUT2D eigenvalue weighted by atomic mass is 16.7. The van der Waals surface area contributed by atoms with Crippen molar-refractivity contribution in [2.45, 2.75) is 65.3 Å². The van der Waals surface area contributed by atoms with Crippen molar-refractivity contribution < 1.29 is 61.9 Å². The fraction of sp³-hybridized carbons (Fsp3) is 0.423. The Hall–Kier alpha value is -4.79. The Labute approximate surface area is 230 Å². The van der Waals surface area contributed by atoms with E-state index >= 15 is 0 Å². The van der Waals surface area contributed by atoms with Gasteiger partial charge in [0.15, 0.2) is 23.5 Å². The summed E-state index contributed by atoms with van der Waals surface area (Å²) in [6.45, 7) is 5.47. The molecule has 4 rings (SSSR count). The minimum absolute atomic E-state index is 0.0247. The smallest absolute Gasteiger partial charge is 0.347 e. The third-order valence-electron chi connectivity index (χ3n) is 6.01. The molecule has 3 heterocycles. The number of rotatable bonds is 7. The summed E-state index contributed by atoms with van der Waals surface area (Å²) in [5, 5.41) is 23.7. The quantitative estimate of drug-likeness (QED) is 0.205. The van der Waals surface area contributed by atoms with Gasteiger partial charge in [0.1, 0.15) is 35.5 Å². The standard InChI is InChI=1S/C26H27NO14/c1-9-6-16-18(25(34)36-9)14-7-15(32)20(33)24(21(14)39-16)41-26-19(27-10(2)28)23(38-13(5)31)22(37-12(4)30)17(40-26)8-35-11(3)29/h6-7,17,19,22-23,26,32-33H,8H2,1-5H3,(H,27,28)/t17-,19-,22-,23-,26?/m1/s1. The molecule has 15 heteroatoms. The first-order chi connectivity index (χ1) is 19.3. The molecule has 0 spiro atoms. The maximum atomic E-state index is 12.6. The summed E-state index contributed by atoms with van der Waals surface area (Å²) >= 11 is 0. The minimum Gasteiger partial charge on any atom is -0.504 e. The number of aromatic hydroxyl groups is 2. The Balaban J connectivity index is 1.87. The average molecular weight is 577 g/mol. The number of hydrogen-bond donors (Lipinski definition) is 3.